The second kappa shape index (κ2) is 9.30. The number of para-hydroxylation sites is 1. The summed E-state index contributed by atoms with van der Waals surface area (Å²) >= 11 is 0. The van der Waals surface area contributed by atoms with Gasteiger partial charge in [-0.1, -0.05) is 72.3 Å². The van der Waals surface area contributed by atoms with Crippen LogP contribution in [0.1, 0.15) is 21.5 Å². The van der Waals surface area contributed by atoms with Crippen molar-refractivity contribution in [2.24, 2.45) is 0 Å². The summed E-state index contributed by atoms with van der Waals surface area (Å²) < 4.78 is 28.3. The number of sulfonamides is 1. The Balaban J connectivity index is 1.61. The molecule has 0 unspecified atom stereocenters. The van der Waals surface area contributed by atoms with Crippen LogP contribution in [0.4, 0.5) is 11.4 Å². The van der Waals surface area contributed by atoms with Gasteiger partial charge in [0.25, 0.3) is 15.9 Å². The Bertz CT molecular complexity index is 1400. The summed E-state index contributed by atoms with van der Waals surface area (Å²) in [5.74, 6) is -0.313. The highest BCUT2D eigenvalue weighted by atomic mass is 32.2. The lowest BCUT2D eigenvalue weighted by molar-refractivity contribution is 0.102. The predicted molar refractivity (Wildman–Crippen MR) is 133 cm³/mol. The van der Waals surface area contributed by atoms with Gasteiger partial charge in [0.15, 0.2) is 0 Å². The van der Waals surface area contributed by atoms with Crippen molar-refractivity contribution in [2.45, 2.75) is 18.7 Å². The monoisotopic (exact) mass is 456 g/mol. The zero-order valence-corrected chi connectivity index (χ0v) is 19.2. The number of carbonyl (C=O) groups is 1. The molecule has 0 heterocycles. The van der Waals surface area contributed by atoms with E-state index in [1.807, 2.05) is 61.5 Å². The van der Waals surface area contributed by atoms with E-state index >= 15 is 0 Å². The molecule has 0 fully saturated rings. The number of hydrogen-bond donors (Lipinski definition) is 2. The number of hydrogen-bond acceptors (Lipinski definition) is 3. The van der Waals surface area contributed by atoms with E-state index in [1.54, 1.807) is 49.4 Å². The molecule has 33 heavy (non-hydrogen) atoms. The second-order valence-electron chi connectivity index (χ2n) is 7.76. The molecular formula is C27H24N2O3S. The Morgan fingerprint density at radius 1 is 0.697 bits per heavy atom. The minimum atomic E-state index is -3.78. The van der Waals surface area contributed by atoms with E-state index in [1.165, 1.54) is 0 Å². The van der Waals surface area contributed by atoms with Crippen LogP contribution in [0.15, 0.2) is 102 Å². The largest absolute Gasteiger partial charge is 0.321 e. The Morgan fingerprint density at radius 2 is 1.33 bits per heavy atom. The van der Waals surface area contributed by atoms with Gasteiger partial charge in [0.2, 0.25) is 0 Å². The van der Waals surface area contributed by atoms with Gasteiger partial charge in [-0.15, -0.1) is 0 Å². The van der Waals surface area contributed by atoms with Gasteiger partial charge in [0, 0.05) is 16.8 Å². The second-order valence-corrected chi connectivity index (χ2v) is 9.44. The van der Waals surface area contributed by atoms with Crippen molar-refractivity contribution in [1.29, 1.82) is 0 Å². The highest BCUT2D eigenvalue weighted by Gasteiger charge is 2.18. The average Bonchev–Trinajstić information content (AvgIpc) is 2.81. The van der Waals surface area contributed by atoms with E-state index in [9.17, 15) is 13.2 Å². The number of nitrogens with one attached hydrogen (secondary N) is 2. The molecule has 4 rings (SSSR count). The first-order chi connectivity index (χ1) is 15.8. The molecule has 0 radical (unpaired) electrons. The molecule has 0 aliphatic carbocycles. The van der Waals surface area contributed by atoms with Crippen molar-refractivity contribution in [3.63, 3.8) is 0 Å². The smallest absolute Gasteiger partial charge is 0.261 e. The molecule has 0 aliphatic rings. The molecule has 0 atom stereocenters. The zero-order chi connectivity index (χ0) is 23.4. The quantitative estimate of drug-likeness (QED) is 0.372. The standard InChI is InChI=1S/C27H24N2O3S/c1-19-15-17-22(18-16-19)33(31,32)29-25-14-8-12-23(20(25)2)27(30)28-26-13-7-6-11-24(26)21-9-4-3-5-10-21/h3-18,29H,1-2H3,(H,28,30). The third kappa shape index (κ3) is 4.96. The van der Waals surface area contributed by atoms with Crippen LogP contribution in [0.5, 0.6) is 0 Å². The van der Waals surface area contributed by atoms with Crippen molar-refractivity contribution >= 4 is 27.3 Å². The maximum atomic E-state index is 13.2. The lowest BCUT2D eigenvalue weighted by Gasteiger charge is -2.15. The van der Waals surface area contributed by atoms with Crippen LogP contribution in [-0.4, -0.2) is 14.3 Å². The van der Waals surface area contributed by atoms with Crippen molar-refractivity contribution < 1.29 is 13.2 Å². The van der Waals surface area contributed by atoms with Crippen LogP contribution in [0, 0.1) is 13.8 Å². The summed E-state index contributed by atoms with van der Waals surface area (Å²) in [4.78, 5) is 13.3. The van der Waals surface area contributed by atoms with E-state index in [-0.39, 0.29) is 10.8 Å². The normalized spacial score (nSPS) is 11.1. The highest BCUT2D eigenvalue weighted by Crippen LogP contribution is 2.29. The van der Waals surface area contributed by atoms with Gasteiger partial charge in [-0.05, 0) is 55.3 Å². The number of anilines is 2. The number of aryl methyl sites for hydroxylation is 1. The summed E-state index contributed by atoms with van der Waals surface area (Å²) in [6.07, 6.45) is 0. The summed E-state index contributed by atoms with van der Waals surface area (Å²) in [6.45, 7) is 3.62. The van der Waals surface area contributed by atoms with E-state index in [4.69, 9.17) is 0 Å². The molecule has 4 aromatic carbocycles. The highest BCUT2D eigenvalue weighted by molar-refractivity contribution is 7.92. The Labute approximate surface area is 194 Å². The minimum absolute atomic E-state index is 0.166. The van der Waals surface area contributed by atoms with Crippen LogP contribution in [0.25, 0.3) is 11.1 Å². The van der Waals surface area contributed by atoms with Crippen LogP contribution in [0.3, 0.4) is 0 Å². The summed E-state index contributed by atoms with van der Waals surface area (Å²) in [6, 6.07) is 29.0. The summed E-state index contributed by atoms with van der Waals surface area (Å²) in [7, 11) is -3.78. The summed E-state index contributed by atoms with van der Waals surface area (Å²) in [5.41, 5.74) is 4.84. The first-order valence-electron chi connectivity index (χ1n) is 10.5. The Hall–Kier alpha value is -3.90. The number of rotatable bonds is 6. The van der Waals surface area contributed by atoms with E-state index < -0.39 is 10.0 Å². The molecule has 6 heteroatoms. The van der Waals surface area contributed by atoms with Crippen molar-refractivity contribution in [1.82, 2.24) is 0 Å². The molecule has 1 amide bonds. The van der Waals surface area contributed by atoms with Crippen LogP contribution < -0.4 is 10.0 Å². The minimum Gasteiger partial charge on any atom is -0.321 e. The summed E-state index contributed by atoms with van der Waals surface area (Å²) in [5, 5.41) is 2.98. The van der Waals surface area contributed by atoms with Crippen LogP contribution >= 0.6 is 0 Å². The van der Waals surface area contributed by atoms with E-state index in [0.29, 0.717) is 22.5 Å². The first kappa shape index (κ1) is 22.3. The van der Waals surface area contributed by atoms with Crippen molar-refractivity contribution in [3.05, 3.63) is 114 Å². The fourth-order valence-electron chi connectivity index (χ4n) is 3.56. The van der Waals surface area contributed by atoms with Crippen molar-refractivity contribution in [3.8, 4) is 11.1 Å². The predicted octanol–water partition coefficient (Wildman–Crippen LogP) is 6.02. The fourth-order valence-corrected chi connectivity index (χ4v) is 4.69. The van der Waals surface area contributed by atoms with E-state index in [2.05, 4.69) is 10.0 Å². The fraction of sp³-hybridized carbons (Fsp3) is 0.0741. The molecule has 0 aliphatic heterocycles. The molecule has 0 saturated carbocycles. The maximum absolute atomic E-state index is 13.2. The van der Waals surface area contributed by atoms with Gasteiger partial charge in [0.05, 0.1) is 10.6 Å². The number of carbonyl (C=O) groups excluding carboxylic acids is 1. The lowest BCUT2D eigenvalue weighted by atomic mass is 10.0. The first-order valence-corrected chi connectivity index (χ1v) is 12.0. The number of amides is 1. The molecule has 0 bridgehead atoms. The van der Waals surface area contributed by atoms with Gasteiger partial charge in [0.1, 0.15) is 0 Å². The molecule has 0 aromatic heterocycles. The molecule has 4 aromatic rings. The molecular weight excluding hydrogens is 432 g/mol. The SMILES string of the molecule is Cc1ccc(S(=O)(=O)Nc2cccc(C(=O)Nc3ccccc3-c3ccccc3)c2C)cc1. The van der Waals surface area contributed by atoms with Crippen LogP contribution in [0.2, 0.25) is 0 Å². The third-order valence-electron chi connectivity index (χ3n) is 5.41. The molecule has 0 saturated heterocycles. The lowest BCUT2D eigenvalue weighted by Crippen LogP contribution is -2.17. The van der Waals surface area contributed by atoms with Gasteiger partial charge in [-0.3, -0.25) is 9.52 Å². The van der Waals surface area contributed by atoms with Crippen molar-refractivity contribution in [2.75, 3.05) is 10.0 Å². The number of benzene rings is 4. The average molecular weight is 457 g/mol. The van der Waals surface area contributed by atoms with Gasteiger partial charge in [-0.25, -0.2) is 8.42 Å². The van der Waals surface area contributed by atoms with Gasteiger partial charge >= 0.3 is 0 Å². The third-order valence-corrected chi connectivity index (χ3v) is 6.80. The molecule has 0 spiro atoms. The molecule has 5 nitrogen and oxygen atoms in total. The van der Waals surface area contributed by atoms with Crippen LogP contribution in [-0.2, 0) is 10.0 Å². The Morgan fingerprint density at radius 3 is 2.06 bits per heavy atom. The molecule has 166 valence electrons. The van der Waals surface area contributed by atoms with E-state index in [0.717, 1.165) is 16.7 Å². The van der Waals surface area contributed by atoms with Gasteiger partial charge < -0.3 is 5.32 Å². The maximum Gasteiger partial charge on any atom is 0.261 e. The molecule has 2 N–H and O–H groups in total. The van der Waals surface area contributed by atoms with Gasteiger partial charge in [-0.2, -0.15) is 0 Å². The topological polar surface area (TPSA) is 75.3 Å². The Kier molecular flexibility index (Phi) is 6.29. The zero-order valence-electron chi connectivity index (χ0n) is 18.4.